The van der Waals surface area contributed by atoms with E-state index in [1.807, 2.05) is 0 Å². The average molecular weight is 384 g/mol. The lowest BCUT2D eigenvalue weighted by Gasteiger charge is -2.08. The number of pyridine rings is 1. The predicted molar refractivity (Wildman–Crippen MR) is 85.9 cm³/mol. The monoisotopic (exact) mass is 383 g/mol. The molecule has 2 aromatic rings. The van der Waals surface area contributed by atoms with Gasteiger partial charge in [0, 0.05) is 23.8 Å². The Labute approximate surface area is 137 Å². The molecular formula is C14H14BrN3O3S. The molecule has 22 heavy (non-hydrogen) atoms. The third kappa shape index (κ3) is 4.62. The zero-order chi connectivity index (χ0) is 16.0. The molecule has 0 aliphatic carbocycles. The van der Waals surface area contributed by atoms with Crippen LogP contribution in [0.15, 0.2) is 58.0 Å². The Kier molecular flexibility index (Phi) is 5.64. The van der Waals surface area contributed by atoms with E-state index in [1.165, 1.54) is 18.3 Å². The summed E-state index contributed by atoms with van der Waals surface area (Å²) in [6, 6.07) is 11.3. The first-order chi connectivity index (χ1) is 10.5. The highest BCUT2D eigenvalue weighted by atomic mass is 79.9. The van der Waals surface area contributed by atoms with E-state index in [0.717, 1.165) is 4.47 Å². The first-order valence-electron chi connectivity index (χ1n) is 6.43. The largest absolute Gasteiger partial charge is 0.349 e. The number of amides is 1. The van der Waals surface area contributed by atoms with Gasteiger partial charge in [-0.2, -0.15) is 0 Å². The number of hydrogen-bond acceptors (Lipinski definition) is 4. The highest BCUT2D eigenvalue weighted by Gasteiger charge is 2.13. The van der Waals surface area contributed by atoms with Crippen LogP contribution in [0.5, 0.6) is 0 Å². The normalized spacial score (nSPS) is 11.1. The summed E-state index contributed by atoms with van der Waals surface area (Å²) in [7, 11) is -3.58. The van der Waals surface area contributed by atoms with Crippen molar-refractivity contribution in [3.8, 4) is 0 Å². The maximum atomic E-state index is 12.0. The third-order valence-corrected chi connectivity index (χ3v) is 4.73. The molecule has 0 aliphatic heterocycles. The SMILES string of the molecule is O=C(NCCNS(=O)(=O)c1ccc(Br)cc1)c1ccccn1. The van der Waals surface area contributed by atoms with Crippen LogP contribution in [0, 0.1) is 0 Å². The molecule has 0 radical (unpaired) electrons. The summed E-state index contributed by atoms with van der Waals surface area (Å²) in [5.41, 5.74) is 0.290. The van der Waals surface area contributed by atoms with Gasteiger partial charge in [-0.05, 0) is 36.4 Å². The van der Waals surface area contributed by atoms with E-state index in [1.54, 1.807) is 30.3 Å². The van der Waals surface area contributed by atoms with Crippen molar-refractivity contribution in [2.24, 2.45) is 0 Å². The van der Waals surface area contributed by atoms with Gasteiger partial charge in [0.1, 0.15) is 5.69 Å². The van der Waals surface area contributed by atoms with E-state index in [2.05, 4.69) is 31.0 Å². The van der Waals surface area contributed by atoms with Crippen molar-refractivity contribution < 1.29 is 13.2 Å². The molecule has 6 nitrogen and oxygen atoms in total. The second kappa shape index (κ2) is 7.48. The molecule has 2 rings (SSSR count). The minimum Gasteiger partial charge on any atom is -0.349 e. The van der Waals surface area contributed by atoms with Gasteiger partial charge in [-0.15, -0.1) is 0 Å². The van der Waals surface area contributed by atoms with Crippen LogP contribution < -0.4 is 10.0 Å². The molecule has 1 aromatic heterocycles. The fraction of sp³-hybridized carbons (Fsp3) is 0.143. The molecule has 0 atom stereocenters. The van der Waals surface area contributed by atoms with E-state index in [-0.39, 0.29) is 23.9 Å². The molecule has 8 heteroatoms. The number of carbonyl (C=O) groups excluding carboxylic acids is 1. The van der Waals surface area contributed by atoms with Crippen molar-refractivity contribution in [1.29, 1.82) is 0 Å². The first kappa shape index (κ1) is 16.6. The molecular weight excluding hydrogens is 370 g/mol. The van der Waals surface area contributed by atoms with E-state index >= 15 is 0 Å². The van der Waals surface area contributed by atoms with Gasteiger partial charge in [0.15, 0.2) is 0 Å². The molecule has 0 saturated carbocycles. The number of rotatable bonds is 6. The predicted octanol–water partition coefficient (Wildman–Crippen LogP) is 1.55. The first-order valence-corrected chi connectivity index (χ1v) is 8.71. The van der Waals surface area contributed by atoms with Crippen molar-refractivity contribution in [2.75, 3.05) is 13.1 Å². The van der Waals surface area contributed by atoms with Crippen LogP contribution in [-0.2, 0) is 10.0 Å². The Balaban J connectivity index is 1.83. The third-order valence-electron chi connectivity index (χ3n) is 2.72. The zero-order valence-corrected chi connectivity index (χ0v) is 13.9. The molecule has 0 unspecified atom stereocenters. The number of carbonyl (C=O) groups is 1. The molecule has 0 aliphatic rings. The summed E-state index contributed by atoms with van der Waals surface area (Å²) >= 11 is 3.25. The van der Waals surface area contributed by atoms with Gasteiger partial charge >= 0.3 is 0 Å². The maximum absolute atomic E-state index is 12.0. The number of hydrogen-bond donors (Lipinski definition) is 2. The van der Waals surface area contributed by atoms with Crippen LogP contribution in [-0.4, -0.2) is 32.4 Å². The molecule has 0 saturated heterocycles. The van der Waals surface area contributed by atoms with Crippen LogP contribution in [0.3, 0.4) is 0 Å². The van der Waals surface area contributed by atoms with Crippen LogP contribution in [0.2, 0.25) is 0 Å². The summed E-state index contributed by atoms with van der Waals surface area (Å²) in [4.78, 5) is 15.8. The topological polar surface area (TPSA) is 88.2 Å². The molecule has 1 aromatic carbocycles. The maximum Gasteiger partial charge on any atom is 0.269 e. The minimum atomic E-state index is -3.58. The van der Waals surface area contributed by atoms with Gasteiger partial charge in [-0.3, -0.25) is 9.78 Å². The standard InChI is InChI=1S/C14H14BrN3O3S/c15-11-4-6-12(7-5-11)22(20,21)18-10-9-17-14(19)13-3-1-2-8-16-13/h1-8,18H,9-10H2,(H,17,19). The number of benzene rings is 1. The molecule has 2 N–H and O–H groups in total. The Bertz CT molecular complexity index is 734. The Hall–Kier alpha value is -1.77. The molecule has 1 heterocycles. The van der Waals surface area contributed by atoms with E-state index in [4.69, 9.17) is 0 Å². The van der Waals surface area contributed by atoms with Gasteiger partial charge in [0.05, 0.1) is 4.90 Å². The van der Waals surface area contributed by atoms with E-state index in [9.17, 15) is 13.2 Å². The van der Waals surface area contributed by atoms with E-state index < -0.39 is 10.0 Å². The quantitative estimate of drug-likeness (QED) is 0.740. The summed E-state index contributed by atoms with van der Waals surface area (Å²) in [6.45, 7) is 0.266. The summed E-state index contributed by atoms with van der Waals surface area (Å²) in [5.74, 6) is -0.344. The summed E-state index contributed by atoms with van der Waals surface area (Å²) < 4.78 is 27.2. The average Bonchev–Trinajstić information content (AvgIpc) is 2.52. The fourth-order valence-corrected chi connectivity index (χ4v) is 2.94. The number of sulfonamides is 1. The zero-order valence-electron chi connectivity index (χ0n) is 11.5. The van der Waals surface area contributed by atoms with E-state index in [0.29, 0.717) is 5.69 Å². The van der Waals surface area contributed by atoms with Crippen molar-refractivity contribution in [1.82, 2.24) is 15.0 Å². The van der Waals surface area contributed by atoms with Crippen LogP contribution in [0.4, 0.5) is 0 Å². The van der Waals surface area contributed by atoms with Crippen LogP contribution >= 0.6 is 15.9 Å². The number of nitrogens with one attached hydrogen (secondary N) is 2. The number of nitrogens with zero attached hydrogens (tertiary/aromatic N) is 1. The van der Waals surface area contributed by atoms with Crippen molar-refractivity contribution in [3.05, 3.63) is 58.8 Å². The lowest BCUT2D eigenvalue weighted by molar-refractivity contribution is 0.0949. The van der Waals surface area contributed by atoms with Gasteiger partial charge in [-0.25, -0.2) is 13.1 Å². The second-order valence-electron chi connectivity index (χ2n) is 4.32. The van der Waals surface area contributed by atoms with Crippen LogP contribution in [0.1, 0.15) is 10.5 Å². The number of aromatic nitrogens is 1. The summed E-state index contributed by atoms with van der Waals surface area (Å²) in [5, 5.41) is 2.60. The van der Waals surface area contributed by atoms with Gasteiger partial charge < -0.3 is 5.32 Å². The Morgan fingerprint density at radius 2 is 1.82 bits per heavy atom. The smallest absolute Gasteiger partial charge is 0.269 e. The van der Waals surface area contributed by atoms with Crippen molar-refractivity contribution in [2.45, 2.75) is 4.90 Å². The highest BCUT2D eigenvalue weighted by Crippen LogP contribution is 2.14. The second-order valence-corrected chi connectivity index (χ2v) is 7.01. The lowest BCUT2D eigenvalue weighted by atomic mass is 10.3. The fourth-order valence-electron chi connectivity index (χ4n) is 1.65. The Morgan fingerprint density at radius 3 is 2.45 bits per heavy atom. The van der Waals surface area contributed by atoms with Crippen LogP contribution in [0.25, 0.3) is 0 Å². The number of halogens is 1. The van der Waals surface area contributed by atoms with Crippen molar-refractivity contribution in [3.63, 3.8) is 0 Å². The molecule has 0 spiro atoms. The molecule has 0 fully saturated rings. The molecule has 116 valence electrons. The summed E-state index contributed by atoms with van der Waals surface area (Å²) in [6.07, 6.45) is 1.52. The van der Waals surface area contributed by atoms with Crippen molar-refractivity contribution >= 4 is 31.9 Å². The lowest BCUT2D eigenvalue weighted by Crippen LogP contribution is -2.35. The highest BCUT2D eigenvalue weighted by molar-refractivity contribution is 9.10. The van der Waals surface area contributed by atoms with Gasteiger partial charge in [0.2, 0.25) is 10.0 Å². The Morgan fingerprint density at radius 1 is 1.09 bits per heavy atom. The van der Waals surface area contributed by atoms with Gasteiger partial charge in [0.25, 0.3) is 5.91 Å². The van der Waals surface area contributed by atoms with Gasteiger partial charge in [-0.1, -0.05) is 22.0 Å². The molecule has 0 bridgehead atoms. The molecule has 1 amide bonds. The minimum absolute atomic E-state index is 0.0942.